The molecule has 0 spiro atoms. The molecule has 3 nitrogen and oxygen atoms in total. The molecule has 4 heteroatoms. The van der Waals surface area contributed by atoms with Gasteiger partial charge in [-0.05, 0) is 30.5 Å². The minimum Gasteiger partial charge on any atom is -0.356 e. The molecular weight excluding hydrogens is 219 g/mol. The van der Waals surface area contributed by atoms with Crippen LogP contribution in [0.25, 0.3) is 0 Å². The Morgan fingerprint density at radius 2 is 2.18 bits per heavy atom. The van der Waals surface area contributed by atoms with Crippen molar-refractivity contribution in [2.24, 2.45) is 5.73 Å². The van der Waals surface area contributed by atoms with E-state index in [0.717, 1.165) is 6.42 Å². The van der Waals surface area contributed by atoms with E-state index < -0.39 is 0 Å². The van der Waals surface area contributed by atoms with Crippen molar-refractivity contribution in [2.45, 2.75) is 25.7 Å². The Hall–Kier alpha value is -1.42. The summed E-state index contributed by atoms with van der Waals surface area (Å²) in [6, 6.07) is 6.55. The van der Waals surface area contributed by atoms with Crippen LogP contribution in [0.3, 0.4) is 0 Å². The van der Waals surface area contributed by atoms with Crippen LogP contribution in [-0.4, -0.2) is 19.0 Å². The number of rotatable bonds is 6. The monoisotopic (exact) mass is 238 g/mol. The Bertz CT molecular complexity index is 368. The molecule has 1 rings (SSSR count). The highest BCUT2D eigenvalue weighted by Gasteiger charge is 2.13. The lowest BCUT2D eigenvalue weighted by atomic mass is 9.97. The predicted octanol–water partition coefficient (Wildman–Crippen LogP) is 1.78. The van der Waals surface area contributed by atoms with Gasteiger partial charge in [0.25, 0.3) is 0 Å². The van der Waals surface area contributed by atoms with Crippen molar-refractivity contribution in [3.05, 3.63) is 35.6 Å². The van der Waals surface area contributed by atoms with Crippen molar-refractivity contribution in [3.8, 4) is 0 Å². The summed E-state index contributed by atoms with van der Waals surface area (Å²) < 4.78 is 13.4. The SMILES string of the molecule is CC(CC(=O)NCCCN)c1ccccc1F. The third-order valence-corrected chi connectivity index (χ3v) is 2.63. The van der Waals surface area contributed by atoms with Gasteiger partial charge in [-0.3, -0.25) is 4.79 Å². The van der Waals surface area contributed by atoms with Crippen molar-refractivity contribution in [3.63, 3.8) is 0 Å². The van der Waals surface area contributed by atoms with E-state index in [0.29, 0.717) is 25.1 Å². The van der Waals surface area contributed by atoms with Crippen LogP contribution in [0.4, 0.5) is 4.39 Å². The number of hydrogen-bond acceptors (Lipinski definition) is 2. The summed E-state index contributed by atoms with van der Waals surface area (Å²) in [5.74, 6) is -0.432. The highest BCUT2D eigenvalue weighted by molar-refractivity contribution is 5.76. The number of hydrogen-bond donors (Lipinski definition) is 2. The Morgan fingerprint density at radius 1 is 1.47 bits per heavy atom. The Morgan fingerprint density at radius 3 is 2.82 bits per heavy atom. The Kier molecular flexibility index (Phi) is 5.63. The fourth-order valence-corrected chi connectivity index (χ4v) is 1.66. The van der Waals surface area contributed by atoms with Gasteiger partial charge in [0.05, 0.1) is 0 Å². The van der Waals surface area contributed by atoms with Gasteiger partial charge in [-0.2, -0.15) is 0 Å². The van der Waals surface area contributed by atoms with E-state index in [-0.39, 0.29) is 17.6 Å². The lowest BCUT2D eigenvalue weighted by Gasteiger charge is -2.12. The smallest absolute Gasteiger partial charge is 0.220 e. The average Bonchev–Trinajstić information content (AvgIpc) is 2.29. The van der Waals surface area contributed by atoms with Crippen molar-refractivity contribution in [1.29, 1.82) is 0 Å². The molecule has 0 radical (unpaired) electrons. The Balaban J connectivity index is 2.46. The summed E-state index contributed by atoms with van der Waals surface area (Å²) >= 11 is 0. The zero-order chi connectivity index (χ0) is 12.7. The normalized spacial score (nSPS) is 12.2. The topological polar surface area (TPSA) is 55.1 Å². The lowest BCUT2D eigenvalue weighted by Crippen LogP contribution is -2.27. The van der Waals surface area contributed by atoms with Crippen molar-refractivity contribution in [1.82, 2.24) is 5.32 Å². The van der Waals surface area contributed by atoms with Crippen LogP contribution in [0.2, 0.25) is 0 Å². The van der Waals surface area contributed by atoms with Crippen molar-refractivity contribution >= 4 is 5.91 Å². The fourth-order valence-electron chi connectivity index (χ4n) is 1.66. The van der Waals surface area contributed by atoms with Gasteiger partial charge in [-0.1, -0.05) is 25.1 Å². The van der Waals surface area contributed by atoms with Gasteiger partial charge in [0.15, 0.2) is 0 Å². The highest BCUT2D eigenvalue weighted by atomic mass is 19.1. The van der Waals surface area contributed by atoms with Crippen molar-refractivity contribution in [2.75, 3.05) is 13.1 Å². The first-order chi connectivity index (χ1) is 8.15. The molecule has 0 aliphatic heterocycles. The number of amides is 1. The van der Waals surface area contributed by atoms with Crippen LogP contribution in [0.5, 0.6) is 0 Å². The minimum absolute atomic E-state index is 0.0609. The molecule has 0 saturated carbocycles. The summed E-state index contributed by atoms with van der Waals surface area (Å²) in [4.78, 5) is 11.5. The van der Waals surface area contributed by atoms with E-state index in [1.807, 2.05) is 6.92 Å². The fraction of sp³-hybridized carbons (Fsp3) is 0.462. The third kappa shape index (κ3) is 4.53. The number of halogens is 1. The molecular formula is C13H19FN2O. The molecule has 0 saturated heterocycles. The molecule has 1 atom stereocenters. The molecule has 0 fully saturated rings. The summed E-state index contributed by atoms with van der Waals surface area (Å²) in [6.07, 6.45) is 1.06. The maximum absolute atomic E-state index is 13.4. The Labute approximate surface area is 101 Å². The number of benzene rings is 1. The molecule has 94 valence electrons. The van der Waals surface area contributed by atoms with Gasteiger partial charge in [0, 0.05) is 13.0 Å². The summed E-state index contributed by atoms with van der Waals surface area (Å²) in [7, 11) is 0. The van der Waals surface area contributed by atoms with Crippen molar-refractivity contribution < 1.29 is 9.18 Å². The second-order valence-electron chi connectivity index (χ2n) is 4.12. The molecule has 17 heavy (non-hydrogen) atoms. The maximum Gasteiger partial charge on any atom is 0.220 e. The van der Waals surface area contributed by atoms with Crippen LogP contribution < -0.4 is 11.1 Å². The predicted molar refractivity (Wildman–Crippen MR) is 66.1 cm³/mol. The van der Waals surface area contributed by atoms with Crippen LogP contribution in [0, 0.1) is 5.82 Å². The zero-order valence-electron chi connectivity index (χ0n) is 10.1. The molecule has 0 aliphatic carbocycles. The molecule has 0 aromatic heterocycles. The van der Waals surface area contributed by atoms with Gasteiger partial charge in [-0.25, -0.2) is 4.39 Å². The molecule has 1 amide bonds. The molecule has 1 aromatic rings. The van der Waals surface area contributed by atoms with E-state index in [4.69, 9.17) is 5.73 Å². The minimum atomic E-state index is -0.255. The summed E-state index contributed by atoms with van der Waals surface area (Å²) in [6.45, 7) is 2.99. The van der Waals surface area contributed by atoms with Gasteiger partial charge < -0.3 is 11.1 Å². The number of carbonyl (C=O) groups is 1. The lowest BCUT2D eigenvalue weighted by molar-refractivity contribution is -0.121. The summed E-state index contributed by atoms with van der Waals surface area (Å²) in [5, 5.41) is 2.76. The maximum atomic E-state index is 13.4. The standard InChI is InChI=1S/C13H19FN2O/c1-10(9-13(17)16-8-4-7-15)11-5-2-3-6-12(11)14/h2-3,5-6,10H,4,7-9,15H2,1H3,(H,16,17). The quantitative estimate of drug-likeness (QED) is 0.742. The van der Waals surface area contributed by atoms with Crippen LogP contribution in [0.1, 0.15) is 31.2 Å². The molecule has 1 aromatic carbocycles. The van der Waals surface area contributed by atoms with Crippen LogP contribution in [-0.2, 0) is 4.79 Å². The van der Waals surface area contributed by atoms with Gasteiger partial charge in [-0.15, -0.1) is 0 Å². The van der Waals surface area contributed by atoms with E-state index in [1.54, 1.807) is 18.2 Å². The largest absolute Gasteiger partial charge is 0.356 e. The first-order valence-corrected chi connectivity index (χ1v) is 5.86. The number of nitrogens with one attached hydrogen (secondary N) is 1. The second-order valence-corrected chi connectivity index (χ2v) is 4.12. The first-order valence-electron chi connectivity index (χ1n) is 5.86. The van der Waals surface area contributed by atoms with Gasteiger partial charge >= 0.3 is 0 Å². The zero-order valence-corrected chi connectivity index (χ0v) is 10.1. The first kappa shape index (κ1) is 13.6. The van der Waals surface area contributed by atoms with E-state index >= 15 is 0 Å². The second kappa shape index (κ2) is 7.01. The number of nitrogens with two attached hydrogens (primary N) is 1. The molecule has 3 N–H and O–H groups in total. The molecule has 0 bridgehead atoms. The van der Waals surface area contributed by atoms with Crippen LogP contribution >= 0.6 is 0 Å². The van der Waals surface area contributed by atoms with Gasteiger partial charge in [0.2, 0.25) is 5.91 Å². The third-order valence-electron chi connectivity index (χ3n) is 2.63. The molecule has 0 aliphatic rings. The molecule has 0 heterocycles. The van der Waals surface area contributed by atoms with Gasteiger partial charge in [0.1, 0.15) is 5.82 Å². The van der Waals surface area contributed by atoms with E-state index in [1.165, 1.54) is 6.07 Å². The van der Waals surface area contributed by atoms with E-state index in [2.05, 4.69) is 5.32 Å². The van der Waals surface area contributed by atoms with E-state index in [9.17, 15) is 9.18 Å². The summed E-state index contributed by atoms with van der Waals surface area (Å²) in [5.41, 5.74) is 5.91. The molecule has 1 unspecified atom stereocenters. The number of carbonyl (C=O) groups excluding carboxylic acids is 1. The average molecular weight is 238 g/mol. The van der Waals surface area contributed by atoms with Crippen LogP contribution in [0.15, 0.2) is 24.3 Å². The highest BCUT2D eigenvalue weighted by Crippen LogP contribution is 2.21.